The zero-order chi connectivity index (χ0) is 15.3. The predicted molar refractivity (Wildman–Crippen MR) is 87.0 cm³/mol. The van der Waals surface area contributed by atoms with Crippen LogP contribution in [0.3, 0.4) is 0 Å². The first-order valence-electron chi connectivity index (χ1n) is 6.59. The average molecular weight is 314 g/mol. The zero-order valence-electron chi connectivity index (χ0n) is 12.2. The molecule has 0 aliphatic carbocycles. The first-order chi connectivity index (χ1) is 9.27. The summed E-state index contributed by atoms with van der Waals surface area (Å²) in [5.74, 6) is 0.258. The number of nitrogens with two attached hydrogens (primary N) is 1. The minimum absolute atomic E-state index is 0.0759. The van der Waals surface area contributed by atoms with E-state index in [9.17, 15) is 8.42 Å². The van der Waals surface area contributed by atoms with Gasteiger partial charge in [-0.1, -0.05) is 56.8 Å². The molecule has 0 aliphatic rings. The summed E-state index contributed by atoms with van der Waals surface area (Å²) in [6, 6.07) is 7.10. The maximum absolute atomic E-state index is 12.4. The number of benzene rings is 1. The van der Waals surface area contributed by atoms with E-state index in [1.54, 1.807) is 31.3 Å². The van der Waals surface area contributed by atoms with Gasteiger partial charge in [-0.15, -0.1) is 0 Å². The van der Waals surface area contributed by atoms with Crippen LogP contribution in [-0.4, -0.2) is 31.3 Å². The standard InChI is InChI=1S/C14H22N2O2S2/c1-4-11(2)9-16(3)20(17,18)10-12-7-5-6-8-13(12)14(15)19/h5-8,11H,4,9-10H2,1-3H3,(H2,15,19). The fourth-order valence-corrected chi connectivity index (χ4v) is 3.42. The van der Waals surface area contributed by atoms with E-state index in [1.165, 1.54) is 4.31 Å². The van der Waals surface area contributed by atoms with Crippen molar-refractivity contribution in [2.75, 3.05) is 13.6 Å². The topological polar surface area (TPSA) is 63.4 Å². The second kappa shape index (κ2) is 7.15. The summed E-state index contributed by atoms with van der Waals surface area (Å²) in [6.45, 7) is 4.61. The molecule has 1 unspecified atom stereocenters. The normalized spacial score (nSPS) is 13.4. The van der Waals surface area contributed by atoms with Gasteiger partial charge in [0, 0.05) is 19.2 Å². The molecule has 112 valence electrons. The van der Waals surface area contributed by atoms with Crippen LogP contribution in [0.5, 0.6) is 0 Å². The molecule has 0 radical (unpaired) electrons. The molecule has 0 saturated heterocycles. The van der Waals surface area contributed by atoms with Crippen molar-refractivity contribution >= 4 is 27.2 Å². The van der Waals surface area contributed by atoms with Crippen molar-refractivity contribution in [3.63, 3.8) is 0 Å². The molecule has 4 nitrogen and oxygen atoms in total. The first-order valence-corrected chi connectivity index (χ1v) is 8.61. The van der Waals surface area contributed by atoms with Crippen LogP contribution in [0.1, 0.15) is 31.4 Å². The van der Waals surface area contributed by atoms with Crippen LogP contribution in [-0.2, 0) is 15.8 Å². The van der Waals surface area contributed by atoms with Crippen molar-refractivity contribution in [1.29, 1.82) is 0 Å². The van der Waals surface area contributed by atoms with Gasteiger partial charge in [-0.05, 0) is 11.5 Å². The van der Waals surface area contributed by atoms with Crippen molar-refractivity contribution in [2.45, 2.75) is 26.0 Å². The highest BCUT2D eigenvalue weighted by molar-refractivity contribution is 7.88. The molecular formula is C14H22N2O2S2. The lowest BCUT2D eigenvalue weighted by Crippen LogP contribution is -2.32. The van der Waals surface area contributed by atoms with Gasteiger partial charge in [-0.3, -0.25) is 0 Å². The summed E-state index contributed by atoms with van der Waals surface area (Å²) in [6.07, 6.45) is 0.948. The van der Waals surface area contributed by atoms with Crippen molar-refractivity contribution in [3.05, 3.63) is 35.4 Å². The Morgan fingerprint density at radius 3 is 2.55 bits per heavy atom. The molecule has 0 saturated carbocycles. The molecule has 0 bridgehead atoms. The Labute approximate surface area is 127 Å². The average Bonchev–Trinajstić information content (AvgIpc) is 2.38. The number of thiocarbonyl (C=S) groups is 1. The third kappa shape index (κ3) is 4.54. The minimum atomic E-state index is -3.36. The lowest BCUT2D eigenvalue weighted by molar-refractivity contribution is 0.393. The van der Waals surface area contributed by atoms with E-state index in [0.717, 1.165) is 6.42 Å². The van der Waals surface area contributed by atoms with E-state index in [1.807, 2.05) is 13.8 Å². The lowest BCUT2D eigenvalue weighted by Gasteiger charge is -2.21. The quantitative estimate of drug-likeness (QED) is 0.783. The number of hydrogen-bond donors (Lipinski definition) is 1. The fraction of sp³-hybridized carbons (Fsp3) is 0.500. The van der Waals surface area contributed by atoms with Crippen LogP contribution in [0, 0.1) is 5.92 Å². The molecule has 1 aromatic carbocycles. The van der Waals surface area contributed by atoms with Crippen molar-refractivity contribution < 1.29 is 8.42 Å². The van der Waals surface area contributed by atoms with Gasteiger partial charge < -0.3 is 5.73 Å². The predicted octanol–water partition coefficient (Wildman–Crippen LogP) is 2.13. The van der Waals surface area contributed by atoms with Gasteiger partial charge in [0.15, 0.2) is 0 Å². The molecule has 1 atom stereocenters. The van der Waals surface area contributed by atoms with Crippen LogP contribution >= 0.6 is 12.2 Å². The number of hydrogen-bond acceptors (Lipinski definition) is 3. The van der Waals surface area contributed by atoms with Crippen LogP contribution in [0.25, 0.3) is 0 Å². The highest BCUT2D eigenvalue weighted by Crippen LogP contribution is 2.16. The maximum Gasteiger partial charge on any atom is 0.218 e. The van der Waals surface area contributed by atoms with Crippen molar-refractivity contribution in [1.82, 2.24) is 4.31 Å². The van der Waals surface area contributed by atoms with E-state index in [0.29, 0.717) is 23.6 Å². The monoisotopic (exact) mass is 314 g/mol. The van der Waals surface area contributed by atoms with Gasteiger partial charge in [-0.2, -0.15) is 0 Å². The first kappa shape index (κ1) is 17.1. The van der Waals surface area contributed by atoms with Gasteiger partial charge >= 0.3 is 0 Å². The molecule has 20 heavy (non-hydrogen) atoms. The zero-order valence-corrected chi connectivity index (χ0v) is 13.8. The minimum Gasteiger partial charge on any atom is -0.389 e. The number of sulfonamides is 1. The summed E-state index contributed by atoms with van der Waals surface area (Å²) in [4.78, 5) is 0.223. The second-order valence-corrected chi connectivity index (χ2v) is 7.59. The molecule has 0 amide bonds. The van der Waals surface area contributed by atoms with E-state index in [-0.39, 0.29) is 10.7 Å². The van der Waals surface area contributed by atoms with Crippen LogP contribution in [0.4, 0.5) is 0 Å². The summed E-state index contributed by atoms with van der Waals surface area (Å²) < 4.78 is 26.2. The summed E-state index contributed by atoms with van der Waals surface area (Å²) in [7, 11) is -1.74. The Kier molecular flexibility index (Phi) is 6.10. The van der Waals surface area contributed by atoms with Gasteiger partial charge in [0.05, 0.1) is 5.75 Å². The Morgan fingerprint density at radius 1 is 1.40 bits per heavy atom. The van der Waals surface area contributed by atoms with Crippen molar-refractivity contribution in [2.24, 2.45) is 11.7 Å². The van der Waals surface area contributed by atoms with E-state index < -0.39 is 10.0 Å². The number of rotatable bonds is 7. The molecule has 6 heteroatoms. The molecular weight excluding hydrogens is 292 g/mol. The van der Waals surface area contributed by atoms with E-state index >= 15 is 0 Å². The van der Waals surface area contributed by atoms with E-state index in [4.69, 9.17) is 18.0 Å². The number of nitrogens with zero attached hydrogens (tertiary/aromatic N) is 1. The summed E-state index contributed by atoms with van der Waals surface area (Å²) in [5.41, 5.74) is 6.91. The highest BCUT2D eigenvalue weighted by Gasteiger charge is 2.21. The van der Waals surface area contributed by atoms with Gasteiger partial charge in [-0.25, -0.2) is 12.7 Å². The molecule has 0 heterocycles. The Morgan fingerprint density at radius 2 is 2.00 bits per heavy atom. The van der Waals surface area contributed by atoms with Gasteiger partial charge in [0.2, 0.25) is 10.0 Å². The smallest absolute Gasteiger partial charge is 0.218 e. The van der Waals surface area contributed by atoms with Gasteiger partial charge in [0.1, 0.15) is 4.99 Å². The molecule has 1 aromatic rings. The largest absolute Gasteiger partial charge is 0.389 e. The Balaban J connectivity index is 2.94. The molecule has 0 aromatic heterocycles. The lowest BCUT2D eigenvalue weighted by atomic mass is 10.1. The SMILES string of the molecule is CCC(C)CN(C)S(=O)(=O)Cc1ccccc1C(N)=S. The van der Waals surface area contributed by atoms with Crippen LogP contribution in [0.2, 0.25) is 0 Å². The van der Waals surface area contributed by atoms with Gasteiger partial charge in [0.25, 0.3) is 0 Å². The molecule has 0 spiro atoms. The second-order valence-electron chi connectivity index (χ2n) is 5.07. The van der Waals surface area contributed by atoms with Crippen LogP contribution < -0.4 is 5.73 Å². The molecule has 0 fully saturated rings. The molecule has 0 aliphatic heterocycles. The van der Waals surface area contributed by atoms with Crippen LogP contribution in [0.15, 0.2) is 24.3 Å². The Bertz CT molecular complexity index is 570. The molecule has 2 N–H and O–H groups in total. The maximum atomic E-state index is 12.4. The Hall–Kier alpha value is -0.980. The highest BCUT2D eigenvalue weighted by atomic mass is 32.2. The summed E-state index contributed by atoms with van der Waals surface area (Å²) >= 11 is 4.96. The van der Waals surface area contributed by atoms with E-state index in [2.05, 4.69) is 0 Å². The fourth-order valence-electron chi connectivity index (χ4n) is 1.87. The summed E-state index contributed by atoms with van der Waals surface area (Å²) in [5, 5.41) is 0. The molecule has 1 rings (SSSR count). The van der Waals surface area contributed by atoms with Crippen molar-refractivity contribution in [3.8, 4) is 0 Å². The third-order valence-corrected chi connectivity index (χ3v) is 5.36. The third-order valence-electron chi connectivity index (χ3n) is 3.36.